The Bertz CT molecular complexity index is 401. The van der Waals surface area contributed by atoms with Gasteiger partial charge in [0.15, 0.2) is 0 Å². The minimum absolute atomic E-state index is 0.170. The minimum Gasteiger partial charge on any atom is -0.388 e. The van der Waals surface area contributed by atoms with E-state index in [0.717, 1.165) is 25.9 Å². The van der Waals surface area contributed by atoms with Crippen molar-refractivity contribution in [1.29, 1.82) is 0 Å². The van der Waals surface area contributed by atoms with E-state index in [9.17, 15) is 13.5 Å². The quantitative estimate of drug-likeness (QED) is 0.735. The van der Waals surface area contributed by atoms with Crippen molar-refractivity contribution in [3.8, 4) is 0 Å². The highest BCUT2D eigenvalue weighted by Crippen LogP contribution is 2.23. The Labute approximate surface area is 121 Å². The van der Waals surface area contributed by atoms with E-state index >= 15 is 0 Å². The maximum atomic E-state index is 12.4. The molecule has 7 heteroatoms. The number of hydrogen-bond donors (Lipinski definition) is 2. The van der Waals surface area contributed by atoms with E-state index in [1.54, 1.807) is 7.05 Å². The van der Waals surface area contributed by atoms with Crippen LogP contribution in [0.25, 0.3) is 0 Å². The molecule has 2 N–H and O–H groups in total. The van der Waals surface area contributed by atoms with E-state index in [4.69, 9.17) is 4.74 Å². The van der Waals surface area contributed by atoms with Crippen LogP contribution in [0, 0.1) is 5.92 Å². The number of nitrogens with one attached hydrogen (secondary N) is 1. The van der Waals surface area contributed by atoms with Gasteiger partial charge in [-0.15, -0.1) is 0 Å². The topological polar surface area (TPSA) is 78.9 Å². The fourth-order valence-electron chi connectivity index (χ4n) is 2.90. The highest BCUT2D eigenvalue weighted by molar-refractivity contribution is 7.89. The summed E-state index contributed by atoms with van der Waals surface area (Å²) in [6, 6.07) is 0. The number of aliphatic hydroxyl groups is 1. The van der Waals surface area contributed by atoms with Gasteiger partial charge in [0.05, 0.1) is 11.4 Å². The summed E-state index contributed by atoms with van der Waals surface area (Å²) in [5, 5.41) is 13.7. The fourth-order valence-corrected chi connectivity index (χ4v) is 4.52. The van der Waals surface area contributed by atoms with Crippen molar-refractivity contribution >= 4 is 10.0 Å². The van der Waals surface area contributed by atoms with E-state index in [2.05, 4.69) is 5.32 Å². The molecular weight excluding hydrogens is 280 g/mol. The summed E-state index contributed by atoms with van der Waals surface area (Å²) < 4.78 is 31.3. The molecule has 20 heavy (non-hydrogen) atoms. The molecule has 0 aliphatic carbocycles. The van der Waals surface area contributed by atoms with Crippen LogP contribution >= 0.6 is 0 Å². The van der Waals surface area contributed by atoms with Crippen molar-refractivity contribution in [3.63, 3.8) is 0 Å². The number of likely N-dealkylation sites (N-methyl/N-ethyl adjacent to an activating group) is 1. The molecule has 2 aliphatic heterocycles. The van der Waals surface area contributed by atoms with Gasteiger partial charge in [-0.1, -0.05) is 0 Å². The van der Waals surface area contributed by atoms with Gasteiger partial charge in [0, 0.05) is 39.6 Å². The Morgan fingerprint density at radius 1 is 1.30 bits per heavy atom. The first kappa shape index (κ1) is 16.2. The average Bonchev–Trinajstić information content (AvgIpc) is 2.39. The molecule has 2 saturated heterocycles. The zero-order valence-corrected chi connectivity index (χ0v) is 13.0. The molecule has 2 fully saturated rings. The molecule has 0 bridgehead atoms. The number of sulfonamides is 1. The summed E-state index contributed by atoms with van der Waals surface area (Å²) in [5.41, 5.74) is -0.936. The molecule has 0 amide bonds. The van der Waals surface area contributed by atoms with Gasteiger partial charge in [0.1, 0.15) is 0 Å². The first-order chi connectivity index (χ1) is 9.41. The van der Waals surface area contributed by atoms with Crippen LogP contribution < -0.4 is 5.32 Å². The Hall–Kier alpha value is -0.210. The zero-order valence-electron chi connectivity index (χ0n) is 12.2. The lowest BCUT2D eigenvalue weighted by Crippen LogP contribution is -2.48. The molecule has 2 aliphatic rings. The van der Waals surface area contributed by atoms with E-state index in [0.29, 0.717) is 26.1 Å². The van der Waals surface area contributed by atoms with Crippen LogP contribution in [-0.2, 0) is 14.8 Å². The van der Waals surface area contributed by atoms with E-state index in [-0.39, 0.29) is 18.2 Å². The van der Waals surface area contributed by atoms with Crippen molar-refractivity contribution in [2.75, 3.05) is 45.6 Å². The summed E-state index contributed by atoms with van der Waals surface area (Å²) in [6.45, 7) is 2.96. The van der Waals surface area contributed by atoms with Crippen molar-refractivity contribution in [3.05, 3.63) is 0 Å². The fraction of sp³-hybridized carbons (Fsp3) is 1.00. The Balaban J connectivity index is 1.90. The van der Waals surface area contributed by atoms with E-state index < -0.39 is 15.6 Å². The SMILES string of the molecule is CN(CC1(O)CCOCC1)S(=O)(=O)CC1CCNCC1. The molecule has 6 nitrogen and oxygen atoms in total. The summed E-state index contributed by atoms with van der Waals surface area (Å²) in [7, 11) is -1.72. The molecule has 0 aromatic rings. The van der Waals surface area contributed by atoms with Crippen LogP contribution in [0.2, 0.25) is 0 Å². The first-order valence-electron chi connectivity index (χ1n) is 7.36. The lowest BCUT2D eigenvalue weighted by Gasteiger charge is -2.35. The van der Waals surface area contributed by atoms with Crippen LogP contribution in [0.15, 0.2) is 0 Å². The van der Waals surface area contributed by atoms with Gasteiger partial charge in [-0.2, -0.15) is 0 Å². The predicted molar refractivity (Wildman–Crippen MR) is 77.0 cm³/mol. The smallest absolute Gasteiger partial charge is 0.214 e. The molecule has 2 rings (SSSR count). The Morgan fingerprint density at radius 2 is 1.90 bits per heavy atom. The van der Waals surface area contributed by atoms with Crippen LogP contribution in [0.5, 0.6) is 0 Å². The Morgan fingerprint density at radius 3 is 2.50 bits per heavy atom. The molecule has 0 radical (unpaired) electrons. The molecule has 0 aromatic heterocycles. The second-order valence-electron chi connectivity index (χ2n) is 6.06. The van der Waals surface area contributed by atoms with Gasteiger partial charge in [0.25, 0.3) is 0 Å². The monoisotopic (exact) mass is 306 g/mol. The second kappa shape index (κ2) is 6.70. The van der Waals surface area contributed by atoms with Gasteiger partial charge in [-0.05, 0) is 31.8 Å². The van der Waals surface area contributed by atoms with Gasteiger partial charge in [0.2, 0.25) is 10.0 Å². The van der Waals surface area contributed by atoms with Gasteiger partial charge < -0.3 is 15.2 Å². The normalized spacial score (nSPS) is 24.9. The maximum absolute atomic E-state index is 12.4. The molecule has 0 unspecified atom stereocenters. The Kier molecular flexibility index (Phi) is 5.42. The molecule has 0 atom stereocenters. The van der Waals surface area contributed by atoms with Crippen molar-refractivity contribution in [1.82, 2.24) is 9.62 Å². The van der Waals surface area contributed by atoms with Gasteiger partial charge in [-0.25, -0.2) is 12.7 Å². The maximum Gasteiger partial charge on any atom is 0.214 e. The zero-order chi connectivity index (χ0) is 14.6. The standard InChI is InChI=1S/C13H26N2O4S/c1-15(11-13(16)4-8-19-9-5-13)20(17,18)10-12-2-6-14-7-3-12/h12,14,16H,2-11H2,1H3. The highest BCUT2D eigenvalue weighted by atomic mass is 32.2. The third-order valence-corrected chi connectivity index (χ3v) is 6.29. The molecule has 118 valence electrons. The molecular formula is C13H26N2O4S. The number of ether oxygens (including phenoxy) is 1. The predicted octanol–water partition coefficient (Wildman–Crippen LogP) is -0.211. The number of hydrogen-bond acceptors (Lipinski definition) is 5. The molecule has 0 aromatic carbocycles. The van der Waals surface area contributed by atoms with Crippen molar-refractivity contribution < 1.29 is 18.3 Å². The van der Waals surface area contributed by atoms with Crippen LogP contribution in [0.4, 0.5) is 0 Å². The highest BCUT2D eigenvalue weighted by Gasteiger charge is 2.35. The average molecular weight is 306 g/mol. The summed E-state index contributed by atoms with van der Waals surface area (Å²) in [5.74, 6) is 0.422. The van der Waals surface area contributed by atoms with Crippen LogP contribution in [-0.4, -0.2) is 69.1 Å². The largest absolute Gasteiger partial charge is 0.388 e. The van der Waals surface area contributed by atoms with Gasteiger partial charge >= 0.3 is 0 Å². The van der Waals surface area contributed by atoms with Crippen molar-refractivity contribution in [2.24, 2.45) is 5.92 Å². The first-order valence-corrected chi connectivity index (χ1v) is 8.97. The summed E-state index contributed by atoms with van der Waals surface area (Å²) >= 11 is 0. The molecule has 0 spiro atoms. The number of rotatable bonds is 5. The molecule has 0 saturated carbocycles. The van der Waals surface area contributed by atoms with Gasteiger partial charge in [-0.3, -0.25) is 0 Å². The van der Waals surface area contributed by atoms with Crippen LogP contribution in [0.3, 0.4) is 0 Å². The minimum atomic E-state index is -3.29. The second-order valence-corrected chi connectivity index (χ2v) is 8.19. The summed E-state index contributed by atoms with van der Waals surface area (Å²) in [6.07, 6.45) is 2.82. The van der Waals surface area contributed by atoms with Crippen molar-refractivity contribution in [2.45, 2.75) is 31.3 Å². The number of nitrogens with zero attached hydrogens (tertiary/aromatic N) is 1. The lowest BCUT2D eigenvalue weighted by molar-refractivity contribution is -0.0689. The third-order valence-electron chi connectivity index (χ3n) is 4.32. The van der Waals surface area contributed by atoms with Crippen LogP contribution in [0.1, 0.15) is 25.7 Å². The third kappa shape index (κ3) is 4.39. The number of piperidine rings is 1. The van der Waals surface area contributed by atoms with E-state index in [1.807, 2.05) is 0 Å². The molecule has 2 heterocycles. The summed E-state index contributed by atoms with van der Waals surface area (Å²) in [4.78, 5) is 0. The lowest BCUT2D eigenvalue weighted by atomic mass is 9.95. The van der Waals surface area contributed by atoms with E-state index in [1.165, 1.54) is 4.31 Å².